The minimum absolute atomic E-state index is 0.228. The summed E-state index contributed by atoms with van der Waals surface area (Å²) in [4.78, 5) is 10.9. The molecule has 0 amide bonds. The highest BCUT2D eigenvalue weighted by Crippen LogP contribution is 2.34. The third-order valence-corrected chi connectivity index (χ3v) is 4.23. The molecule has 0 saturated heterocycles. The van der Waals surface area contributed by atoms with Crippen molar-refractivity contribution in [1.82, 2.24) is 0 Å². The summed E-state index contributed by atoms with van der Waals surface area (Å²) in [6.45, 7) is 4.52. The normalized spacial score (nSPS) is 27.0. The molecule has 0 aromatic heterocycles. The van der Waals surface area contributed by atoms with E-state index in [1.165, 1.54) is 6.42 Å². The number of halogens is 1. The van der Waals surface area contributed by atoms with Crippen molar-refractivity contribution in [2.24, 2.45) is 11.8 Å². The Kier molecular flexibility index (Phi) is 4.50. The van der Waals surface area contributed by atoms with Crippen LogP contribution in [-0.4, -0.2) is 17.2 Å². The van der Waals surface area contributed by atoms with Gasteiger partial charge in [0.1, 0.15) is 5.75 Å². The Hall–Kier alpha value is -1.03. The second-order valence-corrected chi connectivity index (χ2v) is 6.46. The van der Waals surface area contributed by atoms with Gasteiger partial charge in [-0.15, -0.1) is 0 Å². The van der Waals surface area contributed by atoms with Gasteiger partial charge in [0.15, 0.2) is 0 Å². The molecule has 1 aliphatic carbocycles. The van der Waals surface area contributed by atoms with E-state index < -0.39 is 5.97 Å². The van der Waals surface area contributed by atoms with Crippen molar-refractivity contribution in [2.75, 3.05) is 0 Å². The van der Waals surface area contributed by atoms with Crippen molar-refractivity contribution in [3.63, 3.8) is 0 Å². The maximum atomic E-state index is 10.9. The number of rotatable bonds is 3. The third kappa shape index (κ3) is 3.72. The van der Waals surface area contributed by atoms with Crippen molar-refractivity contribution >= 4 is 21.9 Å². The molecule has 1 aliphatic rings. The zero-order chi connectivity index (χ0) is 14.0. The van der Waals surface area contributed by atoms with E-state index in [2.05, 4.69) is 29.8 Å². The van der Waals surface area contributed by atoms with E-state index in [0.717, 1.165) is 18.6 Å². The van der Waals surface area contributed by atoms with E-state index >= 15 is 0 Å². The van der Waals surface area contributed by atoms with Crippen molar-refractivity contribution in [3.8, 4) is 5.75 Å². The van der Waals surface area contributed by atoms with Crippen molar-refractivity contribution in [1.29, 1.82) is 0 Å². The van der Waals surface area contributed by atoms with Gasteiger partial charge in [0.2, 0.25) is 0 Å². The van der Waals surface area contributed by atoms with Crippen molar-refractivity contribution in [2.45, 2.75) is 39.2 Å². The number of ether oxygens (including phenoxy) is 1. The Labute approximate surface area is 122 Å². The number of hydrogen-bond donors (Lipinski definition) is 1. The first-order chi connectivity index (χ1) is 8.95. The number of aromatic carboxylic acids is 1. The van der Waals surface area contributed by atoms with E-state index in [9.17, 15) is 4.79 Å². The van der Waals surface area contributed by atoms with Gasteiger partial charge >= 0.3 is 5.97 Å². The number of carbonyl (C=O) groups is 1. The largest absolute Gasteiger partial charge is 0.489 e. The average Bonchev–Trinajstić information content (AvgIpc) is 2.30. The Bertz CT molecular complexity index is 462. The molecule has 2 rings (SSSR count). The first-order valence-corrected chi connectivity index (χ1v) is 7.44. The molecule has 0 heterocycles. The Morgan fingerprint density at radius 1 is 1.26 bits per heavy atom. The molecule has 1 saturated carbocycles. The van der Waals surface area contributed by atoms with Crippen LogP contribution in [0.1, 0.15) is 43.5 Å². The standard InChI is InChI=1S/C15H19BrO3/c1-9-5-10(2)7-12(6-9)19-14-4-3-11(15(17)18)8-13(14)16/h3-4,8-10,12H,5-7H2,1-2H3,(H,17,18). The minimum Gasteiger partial charge on any atom is -0.489 e. The summed E-state index contributed by atoms with van der Waals surface area (Å²) >= 11 is 3.38. The van der Waals surface area contributed by atoms with Crippen molar-refractivity contribution < 1.29 is 14.6 Å². The first-order valence-electron chi connectivity index (χ1n) is 6.65. The van der Waals surface area contributed by atoms with Gasteiger partial charge in [-0.05, 0) is 65.2 Å². The maximum absolute atomic E-state index is 10.9. The van der Waals surface area contributed by atoms with Crippen LogP contribution < -0.4 is 4.74 Å². The van der Waals surface area contributed by atoms with Crippen LogP contribution >= 0.6 is 15.9 Å². The minimum atomic E-state index is -0.924. The highest BCUT2D eigenvalue weighted by Gasteiger charge is 2.25. The molecular formula is C15H19BrO3. The van der Waals surface area contributed by atoms with Crippen LogP contribution in [0.15, 0.2) is 22.7 Å². The Morgan fingerprint density at radius 3 is 2.42 bits per heavy atom. The quantitative estimate of drug-likeness (QED) is 0.898. The van der Waals surface area contributed by atoms with Gasteiger partial charge in [-0.1, -0.05) is 13.8 Å². The summed E-state index contributed by atoms with van der Waals surface area (Å²) in [5.74, 6) is 1.18. The molecule has 2 unspecified atom stereocenters. The number of hydrogen-bond acceptors (Lipinski definition) is 2. The maximum Gasteiger partial charge on any atom is 0.335 e. The molecule has 1 aromatic carbocycles. The lowest BCUT2D eigenvalue weighted by Gasteiger charge is -2.32. The predicted molar refractivity (Wildman–Crippen MR) is 77.7 cm³/mol. The molecule has 2 atom stereocenters. The lowest BCUT2D eigenvalue weighted by atomic mass is 9.82. The topological polar surface area (TPSA) is 46.5 Å². The third-order valence-electron chi connectivity index (χ3n) is 3.61. The SMILES string of the molecule is CC1CC(C)CC(Oc2ccc(C(=O)O)cc2Br)C1. The lowest BCUT2D eigenvalue weighted by Crippen LogP contribution is -2.28. The van der Waals surface area contributed by atoms with E-state index in [1.807, 2.05) is 0 Å². The molecular weight excluding hydrogens is 308 g/mol. The molecule has 4 heteroatoms. The van der Waals surface area contributed by atoms with Gasteiger partial charge in [-0.25, -0.2) is 4.79 Å². The number of carboxylic acid groups (broad SMARTS) is 1. The molecule has 104 valence electrons. The monoisotopic (exact) mass is 326 g/mol. The van der Waals surface area contributed by atoms with Gasteiger partial charge in [-0.2, -0.15) is 0 Å². The summed E-state index contributed by atoms with van der Waals surface area (Å²) in [5, 5.41) is 8.93. The van der Waals surface area contributed by atoms with Crippen LogP contribution in [0.3, 0.4) is 0 Å². The molecule has 1 N–H and O–H groups in total. The molecule has 3 nitrogen and oxygen atoms in total. The summed E-state index contributed by atoms with van der Waals surface area (Å²) in [6.07, 6.45) is 3.62. The van der Waals surface area contributed by atoms with Crippen LogP contribution in [0.25, 0.3) is 0 Å². The molecule has 1 fully saturated rings. The van der Waals surface area contributed by atoms with Crippen LogP contribution in [-0.2, 0) is 0 Å². The average molecular weight is 327 g/mol. The van der Waals surface area contributed by atoms with Crippen LogP contribution in [0.5, 0.6) is 5.75 Å². The van der Waals surface area contributed by atoms with Gasteiger partial charge in [0, 0.05) is 0 Å². The fourth-order valence-electron chi connectivity index (χ4n) is 2.88. The molecule has 0 radical (unpaired) electrons. The number of carboxylic acids is 1. The molecule has 0 aliphatic heterocycles. The molecule has 19 heavy (non-hydrogen) atoms. The van der Waals surface area contributed by atoms with Crippen LogP contribution in [0, 0.1) is 11.8 Å². The summed E-state index contributed by atoms with van der Waals surface area (Å²) in [7, 11) is 0. The zero-order valence-electron chi connectivity index (χ0n) is 11.2. The van der Waals surface area contributed by atoms with Gasteiger partial charge in [0.05, 0.1) is 16.1 Å². The van der Waals surface area contributed by atoms with Crippen molar-refractivity contribution in [3.05, 3.63) is 28.2 Å². The fourth-order valence-corrected chi connectivity index (χ4v) is 3.35. The summed E-state index contributed by atoms with van der Waals surface area (Å²) < 4.78 is 6.73. The first kappa shape index (κ1) is 14.4. The van der Waals surface area contributed by atoms with E-state index in [4.69, 9.17) is 9.84 Å². The Morgan fingerprint density at radius 2 is 1.89 bits per heavy atom. The van der Waals surface area contributed by atoms with E-state index in [0.29, 0.717) is 16.3 Å². The molecule has 1 aromatic rings. The zero-order valence-corrected chi connectivity index (χ0v) is 12.8. The highest BCUT2D eigenvalue weighted by molar-refractivity contribution is 9.10. The van der Waals surface area contributed by atoms with Gasteiger partial charge in [-0.3, -0.25) is 0 Å². The second-order valence-electron chi connectivity index (χ2n) is 5.61. The molecule has 0 bridgehead atoms. The predicted octanol–water partition coefficient (Wildman–Crippen LogP) is 4.35. The van der Waals surface area contributed by atoms with E-state index in [1.54, 1.807) is 18.2 Å². The summed E-state index contributed by atoms with van der Waals surface area (Å²) in [5.41, 5.74) is 0.268. The van der Waals surface area contributed by atoms with Gasteiger partial charge in [0.25, 0.3) is 0 Å². The Balaban J connectivity index is 2.08. The summed E-state index contributed by atoms with van der Waals surface area (Å²) in [6, 6.07) is 4.91. The van der Waals surface area contributed by atoms with Crippen LogP contribution in [0.4, 0.5) is 0 Å². The second kappa shape index (κ2) is 5.95. The highest BCUT2D eigenvalue weighted by atomic mass is 79.9. The van der Waals surface area contributed by atoms with Crippen LogP contribution in [0.2, 0.25) is 0 Å². The number of benzene rings is 1. The smallest absolute Gasteiger partial charge is 0.335 e. The van der Waals surface area contributed by atoms with E-state index in [-0.39, 0.29) is 11.7 Å². The van der Waals surface area contributed by atoms with Gasteiger partial charge < -0.3 is 9.84 Å². The molecule has 0 spiro atoms. The lowest BCUT2D eigenvalue weighted by molar-refractivity contribution is 0.0696. The fraction of sp³-hybridized carbons (Fsp3) is 0.533.